The summed E-state index contributed by atoms with van der Waals surface area (Å²) in [6, 6.07) is 10.1. The Labute approximate surface area is 150 Å². The number of rotatable bonds is 7. The van der Waals surface area contributed by atoms with Gasteiger partial charge in [-0.3, -0.25) is 4.79 Å². The maximum absolute atomic E-state index is 12.6. The number of aryl methyl sites for hydroxylation is 1. The van der Waals surface area contributed by atoms with Gasteiger partial charge >= 0.3 is 0 Å². The van der Waals surface area contributed by atoms with Crippen molar-refractivity contribution in [1.82, 2.24) is 14.7 Å². The standard InChI is InChI=1S/C20H30N4O/c1-14(2)19(21)11-12-23(5)20(25)13-18-15(3)22-24(16(18)4)17-9-7-6-8-10-17/h6-10,14,19H,11-13,21H2,1-5H3. The minimum Gasteiger partial charge on any atom is -0.345 e. The van der Waals surface area contributed by atoms with Gasteiger partial charge in [-0.25, -0.2) is 4.68 Å². The van der Waals surface area contributed by atoms with Gasteiger partial charge in [0.1, 0.15) is 0 Å². The van der Waals surface area contributed by atoms with E-state index in [0.717, 1.165) is 29.1 Å². The lowest BCUT2D eigenvalue weighted by Crippen LogP contribution is -2.35. The van der Waals surface area contributed by atoms with Gasteiger partial charge in [-0.2, -0.15) is 5.10 Å². The van der Waals surface area contributed by atoms with Crippen LogP contribution in [0.2, 0.25) is 0 Å². The molecule has 25 heavy (non-hydrogen) atoms. The van der Waals surface area contributed by atoms with Crippen LogP contribution >= 0.6 is 0 Å². The molecule has 5 heteroatoms. The number of benzene rings is 1. The van der Waals surface area contributed by atoms with Gasteiger partial charge in [0, 0.05) is 30.9 Å². The molecule has 0 saturated carbocycles. The molecule has 1 unspecified atom stereocenters. The van der Waals surface area contributed by atoms with E-state index < -0.39 is 0 Å². The molecule has 2 rings (SSSR count). The van der Waals surface area contributed by atoms with E-state index in [1.54, 1.807) is 4.90 Å². The molecule has 0 aliphatic carbocycles. The smallest absolute Gasteiger partial charge is 0.226 e. The van der Waals surface area contributed by atoms with Crippen molar-refractivity contribution in [1.29, 1.82) is 0 Å². The first-order chi connectivity index (χ1) is 11.8. The third kappa shape index (κ3) is 4.69. The molecule has 2 N–H and O–H groups in total. The topological polar surface area (TPSA) is 64.2 Å². The molecule has 0 aliphatic heterocycles. The highest BCUT2D eigenvalue weighted by Crippen LogP contribution is 2.19. The fourth-order valence-electron chi connectivity index (χ4n) is 2.84. The third-order valence-electron chi connectivity index (χ3n) is 4.85. The summed E-state index contributed by atoms with van der Waals surface area (Å²) >= 11 is 0. The fraction of sp³-hybridized carbons (Fsp3) is 0.500. The molecule has 1 amide bonds. The molecule has 0 spiro atoms. The molecule has 0 aliphatic rings. The highest BCUT2D eigenvalue weighted by atomic mass is 16.2. The van der Waals surface area contributed by atoms with Crippen molar-refractivity contribution < 1.29 is 4.79 Å². The van der Waals surface area contributed by atoms with E-state index in [2.05, 4.69) is 18.9 Å². The monoisotopic (exact) mass is 342 g/mol. The van der Waals surface area contributed by atoms with Crippen molar-refractivity contribution in [2.75, 3.05) is 13.6 Å². The summed E-state index contributed by atoms with van der Waals surface area (Å²) in [5.74, 6) is 0.534. The zero-order chi connectivity index (χ0) is 18.6. The van der Waals surface area contributed by atoms with Gasteiger partial charge in [-0.05, 0) is 38.3 Å². The quantitative estimate of drug-likeness (QED) is 0.841. The molecular weight excluding hydrogens is 312 g/mol. The molecular formula is C20H30N4O. The number of hydrogen-bond acceptors (Lipinski definition) is 3. The Bertz CT molecular complexity index is 706. The number of nitrogens with two attached hydrogens (primary N) is 1. The van der Waals surface area contributed by atoms with Crippen molar-refractivity contribution in [3.05, 3.63) is 47.3 Å². The van der Waals surface area contributed by atoms with Crippen molar-refractivity contribution in [3.63, 3.8) is 0 Å². The summed E-state index contributed by atoms with van der Waals surface area (Å²) in [7, 11) is 1.85. The van der Waals surface area contributed by atoms with Gasteiger partial charge < -0.3 is 10.6 Å². The minimum absolute atomic E-state index is 0.106. The molecule has 0 fully saturated rings. The zero-order valence-electron chi connectivity index (χ0n) is 16.0. The van der Waals surface area contributed by atoms with E-state index >= 15 is 0 Å². The van der Waals surface area contributed by atoms with Crippen LogP contribution in [0.15, 0.2) is 30.3 Å². The van der Waals surface area contributed by atoms with Gasteiger partial charge in [0.05, 0.1) is 17.8 Å². The van der Waals surface area contributed by atoms with Crippen molar-refractivity contribution in [2.45, 2.75) is 46.6 Å². The lowest BCUT2D eigenvalue weighted by atomic mass is 10.0. The van der Waals surface area contributed by atoms with Crippen LogP contribution in [0.3, 0.4) is 0 Å². The van der Waals surface area contributed by atoms with E-state index in [4.69, 9.17) is 5.73 Å². The van der Waals surface area contributed by atoms with Crippen molar-refractivity contribution in [3.8, 4) is 5.69 Å². The first-order valence-corrected chi connectivity index (χ1v) is 8.91. The highest BCUT2D eigenvalue weighted by molar-refractivity contribution is 5.79. The number of amides is 1. The lowest BCUT2D eigenvalue weighted by molar-refractivity contribution is -0.129. The Balaban J connectivity index is 2.07. The predicted octanol–water partition coefficient (Wildman–Crippen LogP) is 2.86. The summed E-state index contributed by atoms with van der Waals surface area (Å²) in [5, 5.41) is 4.62. The minimum atomic E-state index is 0.106. The number of hydrogen-bond donors (Lipinski definition) is 1. The number of nitrogens with zero attached hydrogens (tertiary/aromatic N) is 3. The van der Waals surface area contributed by atoms with E-state index in [1.807, 2.05) is 55.9 Å². The first kappa shape index (κ1) is 19.2. The van der Waals surface area contributed by atoms with Crippen LogP contribution in [0.4, 0.5) is 0 Å². The number of carbonyl (C=O) groups is 1. The Morgan fingerprint density at radius 2 is 1.88 bits per heavy atom. The summed E-state index contributed by atoms with van der Waals surface area (Å²) in [4.78, 5) is 14.4. The van der Waals surface area contributed by atoms with E-state index in [0.29, 0.717) is 18.9 Å². The maximum Gasteiger partial charge on any atom is 0.226 e. The molecule has 1 heterocycles. The normalized spacial score (nSPS) is 12.4. The van der Waals surface area contributed by atoms with Gasteiger partial charge in [0.25, 0.3) is 0 Å². The zero-order valence-corrected chi connectivity index (χ0v) is 16.0. The van der Waals surface area contributed by atoms with Crippen LogP contribution in [-0.4, -0.2) is 40.2 Å². The molecule has 1 aromatic carbocycles. The molecule has 0 bridgehead atoms. The number of aromatic nitrogens is 2. The second-order valence-electron chi connectivity index (χ2n) is 7.09. The van der Waals surface area contributed by atoms with Crippen LogP contribution in [0.1, 0.15) is 37.2 Å². The Hall–Kier alpha value is -2.14. The molecule has 136 valence electrons. The Kier molecular flexibility index (Phi) is 6.37. The molecule has 0 radical (unpaired) electrons. The van der Waals surface area contributed by atoms with Gasteiger partial charge in [-0.15, -0.1) is 0 Å². The summed E-state index contributed by atoms with van der Waals surface area (Å²) < 4.78 is 1.91. The largest absolute Gasteiger partial charge is 0.345 e. The van der Waals surface area contributed by atoms with E-state index in [1.165, 1.54) is 0 Å². The second kappa shape index (κ2) is 8.30. The molecule has 1 atom stereocenters. The number of likely N-dealkylation sites (N-methyl/N-ethyl adjacent to an activating group) is 1. The molecule has 0 saturated heterocycles. The average molecular weight is 342 g/mol. The van der Waals surface area contributed by atoms with E-state index in [9.17, 15) is 4.79 Å². The first-order valence-electron chi connectivity index (χ1n) is 8.91. The third-order valence-corrected chi connectivity index (χ3v) is 4.85. The van der Waals surface area contributed by atoms with Crippen LogP contribution in [-0.2, 0) is 11.2 Å². The lowest BCUT2D eigenvalue weighted by Gasteiger charge is -2.21. The summed E-state index contributed by atoms with van der Waals surface area (Å²) in [5.41, 5.74) is 10.0. The van der Waals surface area contributed by atoms with Crippen molar-refractivity contribution in [2.24, 2.45) is 11.7 Å². The Morgan fingerprint density at radius 3 is 2.48 bits per heavy atom. The van der Waals surface area contributed by atoms with E-state index in [-0.39, 0.29) is 11.9 Å². The molecule has 2 aromatic rings. The van der Waals surface area contributed by atoms with Crippen LogP contribution in [0.5, 0.6) is 0 Å². The molecule has 1 aromatic heterocycles. The predicted molar refractivity (Wildman–Crippen MR) is 102 cm³/mol. The highest BCUT2D eigenvalue weighted by Gasteiger charge is 2.19. The second-order valence-corrected chi connectivity index (χ2v) is 7.09. The SMILES string of the molecule is Cc1nn(-c2ccccc2)c(C)c1CC(=O)N(C)CCC(N)C(C)C. The average Bonchev–Trinajstić information content (AvgIpc) is 2.88. The van der Waals surface area contributed by atoms with Gasteiger partial charge in [0.15, 0.2) is 0 Å². The fourth-order valence-corrected chi connectivity index (χ4v) is 2.84. The molecule has 5 nitrogen and oxygen atoms in total. The number of para-hydroxylation sites is 1. The van der Waals surface area contributed by atoms with Crippen LogP contribution in [0, 0.1) is 19.8 Å². The Morgan fingerprint density at radius 1 is 1.24 bits per heavy atom. The number of carbonyl (C=O) groups excluding carboxylic acids is 1. The maximum atomic E-state index is 12.6. The van der Waals surface area contributed by atoms with Crippen LogP contribution in [0.25, 0.3) is 5.69 Å². The van der Waals surface area contributed by atoms with Gasteiger partial charge in [0.2, 0.25) is 5.91 Å². The van der Waals surface area contributed by atoms with Crippen LogP contribution < -0.4 is 5.73 Å². The van der Waals surface area contributed by atoms with Gasteiger partial charge in [-0.1, -0.05) is 32.0 Å². The van der Waals surface area contributed by atoms with Crippen molar-refractivity contribution >= 4 is 5.91 Å². The summed E-state index contributed by atoms with van der Waals surface area (Å²) in [6.45, 7) is 8.88. The summed E-state index contributed by atoms with van der Waals surface area (Å²) in [6.07, 6.45) is 1.19.